The van der Waals surface area contributed by atoms with Crippen LogP contribution in [-0.2, 0) is 14.3 Å². The molecular weight excluding hydrogens is 180 g/mol. The molecule has 0 heterocycles. The summed E-state index contributed by atoms with van der Waals surface area (Å²) in [5.74, 6) is -0.104. The van der Waals surface area contributed by atoms with Crippen molar-refractivity contribution < 1.29 is 14.3 Å². The van der Waals surface area contributed by atoms with E-state index >= 15 is 0 Å². The molecule has 1 fully saturated rings. The second-order valence-electron chi connectivity index (χ2n) is 4.31. The molecule has 14 heavy (non-hydrogen) atoms. The smallest absolute Gasteiger partial charge is 0.311 e. The van der Waals surface area contributed by atoms with Gasteiger partial charge in [0.15, 0.2) is 0 Å². The predicted octanol–water partition coefficient (Wildman–Crippen LogP) is 2.14. The maximum Gasteiger partial charge on any atom is 0.311 e. The van der Waals surface area contributed by atoms with E-state index in [0.29, 0.717) is 0 Å². The first-order chi connectivity index (χ1) is 6.62. The molecule has 0 aliphatic heterocycles. The quantitative estimate of drug-likeness (QED) is 0.504. The first-order valence-electron chi connectivity index (χ1n) is 5.32. The molecule has 0 aromatic heterocycles. The summed E-state index contributed by atoms with van der Waals surface area (Å²) < 4.78 is 10.3. The van der Waals surface area contributed by atoms with Crippen molar-refractivity contribution in [1.29, 1.82) is 0 Å². The number of rotatable bonds is 5. The highest BCUT2D eigenvalue weighted by atomic mass is 16.5. The number of carbonyl (C=O) groups excluding carboxylic acids is 1. The maximum absolute atomic E-state index is 11.3. The van der Waals surface area contributed by atoms with Gasteiger partial charge in [-0.2, -0.15) is 0 Å². The highest BCUT2D eigenvalue weighted by Crippen LogP contribution is 2.43. The molecule has 0 amide bonds. The normalized spacial score (nSPS) is 30.9. The van der Waals surface area contributed by atoms with Crippen LogP contribution in [0.2, 0.25) is 0 Å². The van der Waals surface area contributed by atoms with Crippen molar-refractivity contribution >= 4 is 5.97 Å². The standard InChI is InChI=1S/C11H20O3/c1-4-5-6-14-9-7-11(2,8-9)10(12)13-3/h9H,4-8H2,1-3H3. The maximum atomic E-state index is 11.3. The molecule has 0 spiro atoms. The summed E-state index contributed by atoms with van der Waals surface area (Å²) in [4.78, 5) is 11.3. The van der Waals surface area contributed by atoms with Gasteiger partial charge in [0, 0.05) is 6.61 Å². The zero-order valence-electron chi connectivity index (χ0n) is 9.34. The van der Waals surface area contributed by atoms with Crippen molar-refractivity contribution in [3.63, 3.8) is 0 Å². The van der Waals surface area contributed by atoms with Crippen LogP contribution in [0, 0.1) is 5.41 Å². The Hall–Kier alpha value is -0.570. The molecule has 3 heteroatoms. The monoisotopic (exact) mass is 200 g/mol. The minimum absolute atomic E-state index is 0.104. The minimum Gasteiger partial charge on any atom is -0.469 e. The molecule has 1 rings (SSSR count). The van der Waals surface area contributed by atoms with Crippen LogP contribution in [0.5, 0.6) is 0 Å². The molecule has 1 saturated carbocycles. The second-order valence-corrected chi connectivity index (χ2v) is 4.31. The first-order valence-corrected chi connectivity index (χ1v) is 5.32. The summed E-state index contributed by atoms with van der Waals surface area (Å²) >= 11 is 0. The van der Waals surface area contributed by atoms with Gasteiger partial charge >= 0.3 is 5.97 Å². The number of hydrogen-bond donors (Lipinski definition) is 0. The molecule has 0 saturated heterocycles. The average molecular weight is 200 g/mol. The van der Waals surface area contributed by atoms with E-state index in [1.165, 1.54) is 7.11 Å². The Labute approximate surface area is 85.8 Å². The molecule has 1 aliphatic rings. The van der Waals surface area contributed by atoms with Gasteiger partial charge in [0.25, 0.3) is 0 Å². The Kier molecular flexibility index (Phi) is 3.93. The fraction of sp³-hybridized carbons (Fsp3) is 0.909. The highest BCUT2D eigenvalue weighted by molar-refractivity contribution is 5.77. The number of esters is 1. The van der Waals surface area contributed by atoms with Crippen molar-refractivity contribution in [2.24, 2.45) is 5.41 Å². The molecule has 0 unspecified atom stereocenters. The van der Waals surface area contributed by atoms with Crippen LogP contribution < -0.4 is 0 Å². The molecule has 0 aromatic rings. The number of unbranched alkanes of at least 4 members (excludes halogenated alkanes) is 1. The summed E-state index contributed by atoms with van der Waals surface area (Å²) in [6.45, 7) is 4.90. The molecule has 82 valence electrons. The van der Waals surface area contributed by atoms with E-state index in [9.17, 15) is 4.79 Å². The molecule has 0 bridgehead atoms. The van der Waals surface area contributed by atoms with Crippen LogP contribution in [0.4, 0.5) is 0 Å². The highest BCUT2D eigenvalue weighted by Gasteiger charge is 2.47. The van der Waals surface area contributed by atoms with Crippen molar-refractivity contribution in [2.45, 2.75) is 45.6 Å². The lowest BCUT2D eigenvalue weighted by molar-refractivity contribution is -0.168. The van der Waals surface area contributed by atoms with Crippen LogP contribution in [0.3, 0.4) is 0 Å². The summed E-state index contributed by atoms with van der Waals surface area (Å²) in [7, 11) is 1.44. The number of hydrogen-bond acceptors (Lipinski definition) is 3. The number of carbonyl (C=O) groups is 1. The fourth-order valence-corrected chi connectivity index (χ4v) is 1.87. The van der Waals surface area contributed by atoms with E-state index in [0.717, 1.165) is 32.3 Å². The third-order valence-electron chi connectivity index (χ3n) is 2.89. The second kappa shape index (κ2) is 4.78. The van der Waals surface area contributed by atoms with Crippen molar-refractivity contribution in [1.82, 2.24) is 0 Å². The van der Waals surface area contributed by atoms with E-state index in [-0.39, 0.29) is 17.5 Å². The first kappa shape index (κ1) is 11.5. The fourth-order valence-electron chi connectivity index (χ4n) is 1.87. The Balaban J connectivity index is 2.18. The lowest BCUT2D eigenvalue weighted by atomic mass is 9.68. The zero-order valence-corrected chi connectivity index (χ0v) is 9.34. The molecule has 0 radical (unpaired) electrons. The van der Waals surface area contributed by atoms with Crippen LogP contribution in [-0.4, -0.2) is 25.8 Å². The Morgan fingerprint density at radius 1 is 1.50 bits per heavy atom. The van der Waals surface area contributed by atoms with Gasteiger partial charge in [0.2, 0.25) is 0 Å². The van der Waals surface area contributed by atoms with Gasteiger partial charge in [-0.25, -0.2) is 0 Å². The summed E-state index contributed by atoms with van der Waals surface area (Å²) in [5.41, 5.74) is -0.286. The molecule has 0 N–H and O–H groups in total. The topological polar surface area (TPSA) is 35.5 Å². The van der Waals surface area contributed by atoms with Crippen molar-refractivity contribution in [2.75, 3.05) is 13.7 Å². The molecule has 1 aliphatic carbocycles. The van der Waals surface area contributed by atoms with E-state index in [4.69, 9.17) is 9.47 Å². The third-order valence-corrected chi connectivity index (χ3v) is 2.89. The lowest BCUT2D eigenvalue weighted by Gasteiger charge is -2.42. The van der Waals surface area contributed by atoms with E-state index in [2.05, 4.69) is 6.92 Å². The average Bonchev–Trinajstić information content (AvgIpc) is 2.14. The van der Waals surface area contributed by atoms with Gasteiger partial charge in [0.05, 0.1) is 18.6 Å². The zero-order chi connectivity index (χ0) is 10.6. The third kappa shape index (κ3) is 2.47. The van der Waals surface area contributed by atoms with Crippen molar-refractivity contribution in [3.05, 3.63) is 0 Å². The van der Waals surface area contributed by atoms with E-state index in [1.807, 2.05) is 6.92 Å². The van der Waals surface area contributed by atoms with Gasteiger partial charge < -0.3 is 9.47 Å². The van der Waals surface area contributed by atoms with Crippen molar-refractivity contribution in [3.8, 4) is 0 Å². The lowest BCUT2D eigenvalue weighted by Crippen LogP contribution is -2.46. The summed E-state index contributed by atoms with van der Waals surface area (Å²) in [5, 5.41) is 0. The van der Waals surface area contributed by atoms with Crippen LogP contribution in [0.25, 0.3) is 0 Å². The minimum atomic E-state index is -0.286. The number of methoxy groups -OCH3 is 1. The van der Waals surface area contributed by atoms with Crippen LogP contribution >= 0.6 is 0 Å². The van der Waals surface area contributed by atoms with Crippen LogP contribution in [0.15, 0.2) is 0 Å². The molecule has 3 nitrogen and oxygen atoms in total. The summed E-state index contributed by atoms with van der Waals surface area (Å²) in [6.07, 6.45) is 4.14. The van der Waals surface area contributed by atoms with E-state index < -0.39 is 0 Å². The predicted molar refractivity (Wildman–Crippen MR) is 54.0 cm³/mol. The Bertz CT molecular complexity index is 195. The largest absolute Gasteiger partial charge is 0.469 e. The van der Waals surface area contributed by atoms with Gasteiger partial charge in [-0.05, 0) is 26.2 Å². The van der Waals surface area contributed by atoms with Crippen LogP contribution in [0.1, 0.15) is 39.5 Å². The van der Waals surface area contributed by atoms with Gasteiger partial charge in [-0.1, -0.05) is 13.3 Å². The van der Waals surface area contributed by atoms with E-state index in [1.54, 1.807) is 0 Å². The SMILES string of the molecule is CCCCOC1CC(C)(C(=O)OC)C1. The Morgan fingerprint density at radius 2 is 2.14 bits per heavy atom. The van der Waals surface area contributed by atoms with Gasteiger partial charge in [-0.3, -0.25) is 4.79 Å². The molecule has 0 aromatic carbocycles. The molecular formula is C11H20O3. The summed E-state index contributed by atoms with van der Waals surface area (Å²) in [6, 6.07) is 0. The Morgan fingerprint density at radius 3 is 2.64 bits per heavy atom. The van der Waals surface area contributed by atoms with Gasteiger partial charge in [0.1, 0.15) is 0 Å². The molecule has 0 atom stereocenters. The van der Waals surface area contributed by atoms with Gasteiger partial charge in [-0.15, -0.1) is 0 Å². The number of ether oxygens (including phenoxy) is 2.